The third kappa shape index (κ3) is 5.95. The molecule has 0 heterocycles. The molecule has 5 heteroatoms. The molecule has 0 aliphatic heterocycles. The standard InChI is InChI=1S/C20H24N2O3/c1-25-17-13-11-15(12-14-17)18(20(21)24)9-5-6-10-19(23)22-16-7-3-2-4-8-16/h2-4,7-8,11-14,18H,5-6,9-10H2,1H3,(H2,21,24)(H,22,23). The van der Waals surface area contributed by atoms with Crippen LogP contribution in [0.15, 0.2) is 54.6 Å². The summed E-state index contributed by atoms with van der Waals surface area (Å²) in [5.74, 6) is 0.0258. The van der Waals surface area contributed by atoms with Crippen LogP contribution in [0.25, 0.3) is 0 Å². The normalized spacial score (nSPS) is 11.6. The highest BCUT2D eigenvalue weighted by molar-refractivity contribution is 5.90. The average molecular weight is 340 g/mol. The molecule has 0 spiro atoms. The number of benzene rings is 2. The van der Waals surface area contributed by atoms with E-state index in [1.54, 1.807) is 7.11 Å². The van der Waals surface area contributed by atoms with E-state index < -0.39 is 0 Å². The Bertz CT molecular complexity index is 684. The minimum atomic E-state index is -0.348. The molecule has 0 saturated carbocycles. The molecule has 2 aromatic rings. The Balaban J connectivity index is 1.79. The Labute approximate surface area is 148 Å². The summed E-state index contributed by atoms with van der Waals surface area (Å²) in [5, 5.41) is 2.85. The Morgan fingerprint density at radius 2 is 1.72 bits per heavy atom. The Hall–Kier alpha value is -2.82. The van der Waals surface area contributed by atoms with E-state index in [0.29, 0.717) is 19.3 Å². The third-order valence-electron chi connectivity index (χ3n) is 4.07. The number of hydrogen-bond donors (Lipinski definition) is 2. The van der Waals surface area contributed by atoms with E-state index in [4.69, 9.17) is 10.5 Å². The quantitative estimate of drug-likeness (QED) is 0.686. The van der Waals surface area contributed by atoms with Crippen molar-refractivity contribution in [2.45, 2.75) is 31.6 Å². The van der Waals surface area contributed by atoms with Gasteiger partial charge < -0.3 is 15.8 Å². The molecule has 2 aromatic carbocycles. The number of methoxy groups -OCH3 is 1. The van der Waals surface area contributed by atoms with Gasteiger partial charge in [-0.05, 0) is 42.7 Å². The number of carbonyl (C=O) groups is 2. The minimum absolute atomic E-state index is 0.0220. The molecule has 0 fully saturated rings. The number of unbranched alkanes of at least 4 members (excludes halogenated alkanes) is 1. The second-order valence-electron chi connectivity index (χ2n) is 5.89. The predicted molar refractivity (Wildman–Crippen MR) is 98.5 cm³/mol. The summed E-state index contributed by atoms with van der Waals surface area (Å²) in [6, 6.07) is 16.7. The molecule has 2 amide bonds. The van der Waals surface area contributed by atoms with Crippen molar-refractivity contribution < 1.29 is 14.3 Å². The van der Waals surface area contributed by atoms with Gasteiger partial charge in [0, 0.05) is 12.1 Å². The largest absolute Gasteiger partial charge is 0.497 e. The number of ether oxygens (including phenoxy) is 1. The van der Waals surface area contributed by atoms with Crippen LogP contribution in [0.1, 0.15) is 37.2 Å². The number of carbonyl (C=O) groups excluding carboxylic acids is 2. The van der Waals surface area contributed by atoms with Gasteiger partial charge in [0.1, 0.15) is 5.75 Å². The SMILES string of the molecule is COc1ccc(C(CCCCC(=O)Nc2ccccc2)C(N)=O)cc1. The van der Waals surface area contributed by atoms with Gasteiger partial charge in [0.25, 0.3) is 0 Å². The fraction of sp³-hybridized carbons (Fsp3) is 0.300. The van der Waals surface area contributed by atoms with Crippen molar-refractivity contribution in [1.82, 2.24) is 0 Å². The maximum absolute atomic E-state index is 11.9. The topological polar surface area (TPSA) is 81.4 Å². The van der Waals surface area contributed by atoms with E-state index in [-0.39, 0.29) is 17.7 Å². The molecule has 0 bridgehead atoms. The van der Waals surface area contributed by atoms with Gasteiger partial charge in [-0.25, -0.2) is 0 Å². The first-order valence-corrected chi connectivity index (χ1v) is 8.38. The van der Waals surface area contributed by atoms with E-state index in [2.05, 4.69) is 5.32 Å². The number of primary amides is 1. The van der Waals surface area contributed by atoms with Crippen molar-refractivity contribution in [1.29, 1.82) is 0 Å². The van der Waals surface area contributed by atoms with Gasteiger partial charge in [0.2, 0.25) is 11.8 Å². The van der Waals surface area contributed by atoms with Crippen molar-refractivity contribution >= 4 is 17.5 Å². The Kier molecular flexibility index (Phi) is 7.01. The summed E-state index contributed by atoms with van der Waals surface area (Å²) in [7, 11) is 1.60. The Morgan fingerprint density at radius 1 is 1.04 bits per heavy atom. The Morgan fingerprint density at radius 3 is 2.32 bits per heavy atom. The summed E-state index contributed by atoms with van der Waals surface area (Å²) in [5.41, 5.74) is 7.20. The van der Waals surface area contributed by atoms with Crippen molar-refractivity contribution in [3.63, 3.8) is 0 Å². The molecular weight excluding hydrogens is 316 g/mol. The first-order chi connectivity index (χ1) is 12.1. The van der Waals surface area contributed by atoms with Crippen molar-refractivity contribution in [3.8, 4) is 5.75 Å². The van der Waals surface area contributed by atoms with Gasteiger partial charge in [-0.15, -0.1) is 0 Å². The lowest BCUT2D eigenvalue weighted by Crippen LogP contribution is -2.21. The fourth-order valence-electron chi connectivity index (χ4n) is 2.69. The van der Waals surface area contributed by atoms with E-state index in [1.165, 1.54) is 0 Å². The number of amides is 2. The predicted octanol–water partition coefficient (Wildman–Crippen LogP) is 3.46. The second-order valence-corrected chi connectivity index (χ2v) is 5.89. The molecule has 0 aromatic heterocycles. The zero-order valence-corrected chi connectivity index (χ0v) is 14.4. The third-order valence-corrected chi connectivity index (χ3v) is 4.07. The highest BCUT2D eigenvalue weighted by atomic mass is 16.5. The second kappa shape index (κ2) is 9.47. The summed E-state index contributed by atoms with van der Waals surface area (Å²) >= 11 is 0. The lowest BCUT2D eigenvalue weighted by molar-refractivity contribution is -0.119. The fourth-order valence-corrected chi connectivity index (χ4v) is 2.69. The number of hydrogen-bond acceptors (Lipinski definition) is 3. The van der Waals surface area contributed by atoms with Crippen molar-refractivity contribution in [3.05, 3.63) is 60.2 Å². The van der Waals surface area contributed by atoms with Gasteiger partial charge >= 0.3 is 0 Å². The van der Waals surface area contributed by atoms with Gasteiger partial charge in [0.05, 0.1) is 13.0 Å². The molecule has 1 unspecified atom stereocenters. The maximum Gasteiger partial charge on any atom is 0.224 e. The minimum Gasteiger partial charge on any atom is -0.497 e. The summed E-state index contributed by atoms with van der Waals surface area (Å²) in [6.45, 7) is 0. The van der Waals surface area contributed by atoms with Gasteiger partial charge in [0.15, 0.2) is 0 Å². The zero-order chi connectivity index (χ0) is 18.1. The molecule has 1 atom stereocenters. The number of nitrogens with one attached hydrogen (secondary N) is 1. The average Bonchev–Trinajstić information content (AvgIpc) is 2.62. The van der Waals surface area contributed by atoms with Crippen LogP contribution in [0.5, 0.6) is 5.75 Å². The van der Waals surface area contributed by atoms with E-state index >= 15 is 0 Å². The monoisotopic (exact) mass is 340 g/mol. The van der Waals surface area contributed by atoms with Crippen LogP contribution in [0.3, 0.4) is 0 Å². The smallest absolute Gasteiger partial charge is 0.224 e. The van der Waals surface area contributed by atoms with Crippen LogP contribution >= 0.6 is 0 Å². The van der Waals surface area contributed by atoms with Crippen LogP contribution in [0, 0.1) is 0 Å². The molecule has 0 saturated heterocycles. The van der Waals surface area contributed by atoms with E-state index in [1.807, 2.05) is 54.6 Å². The number of para-hydroxylation sites is 1. The van der Waals surface area contributed by atoms with Crippen LogP contribution in [-0.4, -0.2) is 18.9 Å². The van der Waals surface area contributed by atoms with Gasteiger partial charge in [-0.1, -0.05) is 36.8 Å². The molecule has 0 aliphatic carbocycles. The molecular formula is C20H24N2O3. The summed E-state index contributed by atoms with van der Waals surface area (Å²) < 4.78 is 5.12. The number of nitrogens with two attached hydrogens (primary N) is 1. The summed E-state index contributed by atoms with van der Waals surface area (Å²) in [6.07, 6.45) is 2.50. The van der Waals surface area contributed by atoms with Gasteiger partial charge in [-0.3, -0.25) is 9.59 Å². The molecule has 25 heavy (non-hydrogen) atoms. The van der Waals surface area contributed by atoms with E-state index in [0.717, 1.165) is 23.4 Å². The highest BCUT2D eigenvalue weighted by Crippen LogP contribution is 2.24. The highest BCUT2D eigenvalue weighted by Gasteiger charge is 2.17. The molecule has 2 rings (SSSR count). The first kappa shape index (κ1) is 18.5. The first-order valence-electron chi connectivity index (χ1n) is 8.38. The maximum atomic E-state index is 11.9. The van der Waals surface area contributed by atoms with Gasteiger partial charge in [-0.2, -0.15) is 0 Å². The van der Waals surface area contributed by atoms with Crippen LogP contribution in [0.2, 0.25) is 0 Å². The lowest BCUT2D eigenvalue weighted by Gasteiger charge is -2.14. The molecule has 5 nitrogen and oxygen atoms in total. The molecule has 3 N–H and O–H groups in total. The lowest BCUT2D eigenvalue weighted by atomic mass is 9.92. The van der Waals surface area contributed by atoms with Crippen molar-refractivity contribution in [2.75, 3.05) is 12.4 Å². The number of rotatable bonds is 9. The molecule has 132 valence electrons. The van der Waals surface area contributed by atoms with Crippen LogP contribution in [-0.2, 0) is 9.59 Å². The zero-order valence-electron chi connectivity index (χ0n) is 14.4. The number of anilines is 1. The molecule has 0 radical (unpaired) electrons. The van der Waals surface area contributed by atoms with E-state index in [9.17, 15) is 9.59 Å². The van der Waals surface area contributed by atoms with Crippen molar-refractivity contribution in [2.24, 2.45) is 5.73 Å². The van der Waals surface area contributed by atoms with Crippen LogP contribution < -0.4 is 15.8 Å². The summed E-state index contributed by atoms with van der Waals surface area (Å²) in [4.78, 5) is 23.7. The molecule has 0 aliphatic rings. The van der Waals surface area contributed by atoms with Crippen LogP contribution in [0.4, 0.5) is 5.69 Å².